The summed E-state index contributed by atoms with van der Waals surface area (Å²) in [7, 11) is 0. The molecule has 0 bridgehead atoms. The van der Waals surface area contributed by atoms with Crippen molar-refractivity contribution in [3.8, 4) is 12.3 Å². The van der Waals surface area contributed by atoms with Gasteiger partial charge in [-0.15, -0.1) is 6.42 Å². The Morgan fingerprint density at radius 2 is 0.591 bits per heavy atom. The van der Waals surface area contributed by atoms with Gasteiger partial charge in [-0.25, -0.2) is 0 Å². The molecule has 0 N–H and O–H groups in total. The van der Waals surface area contributed by atoms with E-state index in [0.29, 0.717) is 159 Å². The zero-order chi connectivity index (χ0) is 31.3. The lowest BCUT2D eigenvalue weighted by molar-refractivity contribution is -0.0283. The van der Waals surface area contributed by atoms with Gasteiger partial charge in [0.15, 0.2) is 0 Å². The Balaban J connectivity index is 1.61. The van der Waals surface area contributed by atoms with Crippen LogP contribution in [0.3, 0.4) is 0 Å². The van der Waals surface area contributed by atoms with Gasteiger partial charge in [-0.2, -0.15) is 0 Å². The molecule has 0 atom stereocenters. The van der Waals surface area contributed by atoms with Crippen molar-refractivity contribution < 1.29 is 56.8 Å². The second-order valence-electron chi connectivity index (χ2n) is 8.92. The number of terminal acetylenes is 1. The van der Waals surface area contributed by atoms with E-state index >= 15 is 0 Å². The Labute approximate surface area is 263 Å². The maximum absolute atomic E-state index is 5.56. The Bertz CT molecular complexity index is 719. The lowest BCUT2D eigenvalue weighted by Crippen LogP contribution is -2.15. The van der Waals surface area contributed by atoms with Gasteiger partial charge in [0.2, 0.25) is 0 Å². The highest BCUT2D eigenvalue weighted by Gasteiger charge is 1.97. The van der Waals surface area contributed by atoms with E-state index in [4.69, 9.17) is 63.3 Å². The molecule has 44 heavy (non-hydrogen) atoms. The van der Waals surface area contributed by atoms with Crippen LogP contribution in [-0.4, -0.2) is 152 Å². The predicted octanol–water partition coefficient (Wildman–Crippen LogP) is 2.02. The van der Waals surface area contributed by atoms with Crippen LogP contribution in [0.4, 0.5) is 0 Å². The Morgan fingerprint density at radius 1 is 0.341 bits per heavy atom. The molecule has 1 aromatic carbocycles. The third kappa shape index (κ3) is 31.7. The Morgan fingerprint density at radius 3 is 0.864 bits per heavy atom. The molecule has 0 saturated heterocycles. The molecule has 0 spiro atoms. The van der Waals surface area contributed by atoms with Crippen LogP contribution in [0.15, 0.2) is 30.3 Å². The van der Waals surface area contributed by atoms with Gasteiger partial charge in [-0.1, -0.05) is 36.3 Å². The maximum atomic E-state index is 5.56. The molecule has 0 radical (unpaired) electrons. The van der Waals surface area contributed by atoms with Crippen LogP contribution in [0.2, 0.25) is 0 Å². The van der Waals surface area contributed by atoms with Crippen molar-refractivity contribution >= 4 is 0 Å². The van der Waals surface area contributed by atoms with Gasteiger partial charge in [-0.05, 0) is 5.56 Å². The predicted molar refractivity (Wildman–Crippen MR) is 164 cm³/mol. The van der Waals surface area contributed by atoms with Crippen molar-refractivity contribution in [2.45, 2.75) is 6.61 Å². The largest absolute Gasteiger partial charge is 0.377 e. The molecule has 0 aliphatic heterocycles. The quantitative estimate of drug-likeness (QED) is 0.0799. The standard InChI is InChI=1S/C32H54O12/c1-2-8-33-9-10-34-11-12-35-13-14-36-15-16-37-17-18-38-19-20-39-21-22-40-23-24-41-25-26-42-27-28-43-29-30-44-31-32-6-4-3-5-7-32/h1,3-7H,8-31H2. The van der Waals surface area contributed by atoms with Gasteiger partial charge < -0.3 is 56.8 Å². The van der Waals surface area contributed by atoms with Crippen molar-refractivity contribution in [2.75, 3.05) is 152 Å². The minimum absolute atomic E-state index is 0.308. The summed E-state index contributed by atoms with van der Waals surface area (Å²) in [5.41, 5.74) is 1.16. The molecule has 1 rings (SSSR count). The van der Waals surface area contributed by atoms with Crippen LogP contribution in [0.25, 0.3) is 0 Å². The molecule has 0 fully saturated rings. The van der Waals surface area contributed by atoms with Crippen molar-refractivity contribution in [1.29, 1.82) is 0 Å². The number of hydrogen-bond acceptors (Lipinski definition) is 12. The van der Waals surface area contributed by atoms with E-state index in [1.807, 2.05) is 30.3 Å². The summed E-state index contributed by atoms with van der Waals surface area (Å²) in [5.74, 6) is 2.40. The molecular formula is C32H54O12. The fourth-order valence-electron chi connectivity index (χ4n) is 3.21. The lowest BCUT2D eigenvalue weighted by atomic mass is 10.2. The molecule has 0 saturated carbocycles. The van der Waals surface area contributed by atoms with Crippen LogP contribution in [0.1, 0.15) is 5.56 Å². The number of hydrogen-bond donors (Lipinski definition) is 0. The monoisotopic (exact) mass is 630 g/mol. The van der Waals surface area contributed by atoms with E-state index in [-0.39, 0.29) is 0 Å². The first-order chi connectivity index (χ1) is 21.9. The second-order valence-corrected chi connectivity index (χ2v) is 8.92. The van der Waals surface area contributed by atoms with Crippen molar-refractivity contribution in [2.24, 2.45) is 0 Å². The smallest absolute Gasteiger partial charge is 0.107 e. The van der Waals surface area contributed by atoms with Gasteiger partial charge in [0.25, 0.3) is 0 Å². The first-order valence-corrected chi connectivity index (χ1v) is 15.3. The summed E-state index contributed by atoms with van der Waals surface area (Å²) in [5, 5.41) is 0. The third-order valence-electron chi connectivity index (χ3n) is 5.39. The van der Waals surface area contributed by atoms with Crippen LogP contribution >= 0.6 is 0 Å². The molecule has 0 amide bonds. The summed E-state index contributed by atoms with van der Waals surface area (Å²) in [6.45, 7) is 12.3. The first kappa shape index (κ1) is 40.3. The zero-order valence-electron chi connectivity index (χ0n) is 26.3. The molecule has 0 heterocycles. The van der Waals surface area contributed by atoms with Crippen molar-refractivity contribution in [1.82, 2.24) is 0 Å². The Kier molecular flexibility index (Phi) is 32.8. The lowest BCUT2D eigenvalue weighted by Gasteiger charge is -2.09. The topological polar surface area (TPSA) is 111 Å². The molecule has 254 valence electrons. The summed E-state index contributed by atoms with van der Waals surface area (Å²) < 4.78 is 65.2. The maximum Gasteiger partial charge on any atom is 0.107 e. The first-order valence-electron chi connectivity index (χ1n) is 15.3. The highest BCUT2D eigenvalue weighted by molar-refractivity contribution is 5.13. The average molecular weight is 631 g/mol. The van der Waals surface area contributed by atoms with E-state index in [1.54, 1.807) is 0 Å². The van der Waals surface area contributed by atoms with Crippen LogP contribution in [-0.2, 0) is 63.4 Å². The van der Waals surface area contributed by atoms with Gasteiger partial charge in [0.1, 0.15) is 6.61 Å². The summed E-state index contributed by atoms with van der Waals surface area (Å²) in [4.78, 5) is 0. The van der Waals surface area contributed by atoms with E-state index in [1.165, 1.54) is 0 Å². The van der Waals surface area contributed by atoms with E-state index in [0.717, 1.165) is 5.56 Å². The molecular weight excluding hydrogens is 576 g/mol. The van der Waals surface area contributed by atoms with Crippen LogP contribution in [0, 0.1) is 12.3 Å². The Hall–Kier alpha value is -1.70. The molecule has 1 aromatic rings. The molecule has 12 heteroatoms. The van der Waals surface area contributed by atoms with Gasteiger partial charge in [-0.3, -0.25) is 0 Å². The van der Waals surface area contributed by atoms with E-state index in [9.17, 15) is 0 Å². The normalized spacial score (nSPS) is 11.2. The summed E-state index contributed by atoms with van der Waals surface area (Å²) in [6.07, 6.45) is 5.08. The summed E-state index contributed by atoms with van der Waals surface area (Å²) >= 11 is 0. The van der Waals surface area contributed by atoms with Gasteiger partial charge >= 0.3 is 0 Å². The van der Waals surface area contributed by atoms with Gasteiger partial charge in [0, 0.05) is 0 Å². The molecule has 0 aromatic heterocycles. The number of benzene rings is 1. The highest BCUT2D eigenvalue weighted by Crippen LogP contribution is 2.00. The molecule has 0 unspecified atom stereocenters. The fourth-order valence-corrected chi connectivity index (χ4v) is 3.21. The summed E-state index contributed by atoms with van der Waals surface area (Å²) in [6, 6.07) is 10.1. The minimum Gasteiger partial charge on any atom is -0.377 e. The van der Waals surface area contributed by atoms with E-state index < -0.39 is 0 Å². The highest BCUT2D eigenvalue weighted by atomic mass is 16.6. The molecule has 12 nitrogen and oxygen atoms in total. The minimum atomic E-state index is 0.308. The SMILES string of the molecule is C#CCOCCOCCOCCOCCOCCOCCOCCOCCOCCOCCOCCOCc1ccccc1. The van der Waals surface area contributed by atoms with E-state index in [2.05, 4.69) is 5.92 Å². The average Bonchev–Trinajstić information content (AvgIpc) is 3.05. The number of rotatable bonds is 36. The van der Waals surface area contributed by atoms with Crippen LogP contribution < -0.4 is 0 Å². The van der Waals surface area contributed by atoms with Crippen LogP contribution in [0.5, 0.6) is 0 Å². The zero-order valence-corrected chi connectivity index (χ0v) is 26.3. The van der Waals surface area contributed by atoms with Crippen molar-refractivity contribution in [3.63, 3.8) is 0 Å². The molecule has 0 aliphatic rings. The fraction of sp³-hybridized carbons (Fsp3) is 0.750. The van der Waals surface area contributed by atoms with Gasteiger partial charge in [0.05, 0.1) is 152 Å². The second kappa shape index (κ2) is 35.8. The number of ether oxygens (including phenoxy) is 12. The third-order valence-corrected chi connectivity index (χ3v) is 5.39. The molecule has 0 aliphatic carbocycles. The van der Waals surface area contributed by atoms with Crippen molar-refractivity contribution in [3.05, 3.63) is 35.9 Å².